The monoisotopic (exact) mass is 223 g/mol. The predicted octanol–water partition coefficient (Wildman–Crippen LogP) is 3.28. The maximum absolute atomic E-state index is 10.5. The first-order valence-corrected chi connectivity index (χ1v) is 5.20. The number of aldehydes is 1. The molecule has 14 heavy (non-hydrogen) atoms. The lowest BCUT2D eigenvalue weighted by Crippen LogP contribution is -1.83. The highest BCUT2D eigenvalue weighted by molar-refractivity contribution is 7.14. The quantitative estimate of drug-likeness (QED) is 0.732. The van der Waals surface area contributed by atoms with Gasteiger partial charge in [0.2, 0.25) is 0 Å². The molecule has 0 fully saturated rings. The van der Waals surface area contributed by atoms with Crippen molar-refractivity contribution in [3.63, 3.8) is 0 Å². The molecule has 0 spiro atoms. The first kappa shape index (κ1) is 9.37. The smallest absolute Gasteiger partial charge is 0.151 e. The maximum atomic E-state index is 10.5. The highest BCUT2D eigenvalue weighted by Gasteiger charge is 2.05. The van der Waals surface area contributed by atoms with Crippen molar-refractivity contribution in [2.75, 3.05) is 0 Å². The van der Waals surface area contributed by atoms with Crippen molar-refractivity contribution in [1.82, 2.24) is 4.98 Å². The van der Waals surface area contributed by atoms with E-state index in [0.717, 1.165) is 16.7 Å². The maximum Gasteiger partial charge on any atom is 0.151 e. The van der Waals surface area contributed by atoms with E-state index in [2.05, 4.69) is 4.98 Å². The lowest BCUT2D eigenvalue weighted by Gasteiger charge is -1.98. The average molecular weight is 224 g/mol. The Morgan fingerprint density at radius 2 is 2.29 bits per heavy atom. The zero-order valence-electron chi connectivity index (χ0n) is 7.11. The fourth-order valence-corrected chi connectivity index (χ4v) is 2.30. The molecule has 0 bridgehead atoms. The van der Waals surface area contributed by atoms with Gasteiger partial charge in [0.1, 0.15) is 0 Å². The summed E-state index contributed by atoms with van der Waals surface area (Å²) in [5, 5.41) is 2.60. The summed E-state index contributed by atoms with van der Waals surface area (Å²) < 4.78 is 0. The van der Waals surface area contributed by atoms with Crippen LogP contribution in [-0.2, 0) is 0 Å². The van der Waals surface area contributed by atoms with E-state index in [9.17, 15) is 4.79 Å². The number of hydrogen-bond donors (Lipinski definition) is 0. The van der Waals surface area contributed by atoms with Crippen molar-refractivity contribution in [3.8, 4) is 10.4 Å². The fourth-order valence-electron chi connectivity index (χ4n) is 1.15. The molecule has 0 aromatic carbocycles. The van der Waals surface area contributed by atoms with Crippen LogP contribution in [0.1, 0.15) is 10.4 Å². The zero-order chi connectivity index (χ0) is 9.97. The molecule has 0 aliphatic rings. The highest BCUT2D eigenvalue weighted by atomic mass is 35.5. The molecule has 0 radical (unpaired) electrons. The molecule has 0 saturated carbocycles. The summed E-state index contributed by atoms with van der Waals surface area (Å²) in [5.41, 5.74) is 1.45. The van der Waals surface area contributed by atoms with Gasteiger partial charge in [-0.3, -0.25) is 9.78 Å². The van der Waals surface area contributed by atoms with Gasteiger partial charge in [0.15, 0.2) is 6.29 Å². The molecule has 0 aliphatic heterocycles. The van der Waals surface area contributed by atoms with E-state index in [1.165, 1.54) is 17.5 Å². The van der Waals surface area contributed by atoms with Gasteiger partial charge in [0.25, 0.3) is 0 Å². The summed E-state index contributed by atoms with van der Waals surface area (Å²) in [5.74, 6) is 0. The summed E-state index contributed by atoms with van der Waals surface area (Å²) in [6.07, 6.45) is 4.00. The minimum absolute atomic E-state index is 0.562. The van der Waals surface area contributed by atoms with Crippen molar-refractivity contribution in [2.24, 2.45) is 0 Å². The van der Waals surface area contributed by atoms with Gasteiger partial charge < -0.3 is 0 Å². The molecule has 0 N–H and O–H groups in total. The average Bonchev–Trinajstić information content (AvgIpc) is 2.65. The third-order valence-electron chi connectivity index (χ3n) is 1.77. The van der Waals surface area contributed by atoms with Crippen LogP contribution in [0, 0.1) is 0 Å². The molecule has 2 aromatic rings. The largest absolute Gasteiger partial charge is 0.298 e. The van der Waals surface area contributed by atoms with Gasteiger partial charge in [-0.15, -0.1) is 11.3 Å². The Balaban J connectivity index is 2.52. The second-order valence-corrected chi connectivity index (χ2v) is 4.05. The molecule has 2 aromatic heterocycles. The Bertz CT molecular complexity index is 467. The van der Waals surface area contributed by atoms with E-state index in [0.29, 0.717) is 10.6 Å². The summed E-state index contributed by atoms with van der Waals surface area (Å²) >= 11 is 7.50. The molecule has 0 atom stereocenters. The number of hydrogen-bond acceptors (Lipinski definition) is 3. The number of carbonyl (C=O) groups excluding carboxylic acids is 1. The van der Waals surface area contributed by atoms with Gasteiger partial charge in [0.05, 0.1) is 9.90 Å². The van der Waals surface area contributed by atoms with E-state index in [-0.39, 0.29) is 0 Å². The molecule has 2 nitrogen and oxygen atoms in total. The third kappa shape index (κ3) is 1.69. The van der Waals surface area contributed by atoms with Crippen LogP contribution in [0.5, 0.6) is 0 Å². The Labute approximate surface area is 90.2 Å². The number of pyridine rings is 1. The van der Waals surface area contributed by atoms with Gasteiger partial charge in [0, 0.05) is 23.5 Å². The lowest BCUT2D eigenvalue weighted by atomic mass is 10.2. The minimum atomic E-state index is 0.562. The van der Waals surface area contributed by atoms with Crippen molar-refractivity contribution in [2.45, 2.75) is 0 Å². The standard InChI is InChI=1S/C10H6ClNOS/c11-9-1-2-14-10(9)8-3-7(6-13)4-12-5-8/h1-6H. The normalized spacial score (nSPS) is 10.1. The molecular formula is C10H6ClNOS. The second kappa shape index (κ2) is 3.90. The molecule has 4 heteroatoms. The van der Waals surface area contributed by atoms with E-state index in [4.69, 9.17) is 11.6 Å². The van der Waals surface area contributed by atoms with E-state index >= 15 is 0 Å². The number of aromatic nitrogens is 1. The van der Waals surface area contributed by atoms with Crippen LogP contribution in [0.4, 0.5) is 0 Å². The highest BCUT2D eigenvalue weighted by Crippen LogP contribution is 2.32. The lowest BCUT2D eigenvalue weighted by molar-refractivity contribution is 0.112. The van der Waals surface area contributed by atoms with Gasteiger partial charge >= 0.3 is 0 Å². The molecular weight excluding hydrogens is 218 g/mol. The number of nitrogens with zero attached hydrogens (tertiary/aromatic N) is 1. The van der Waals surface area contributed by atoms with Crippen LogP contribution in [0.25, 0.3) is 10.4 Å². The van der Waals surface area contributed by atoms with Gasteiger partial charge in [-0.1, -0.05) is 11.6 Å². The van der Waals surface area contributed by atoms with E-state index < -0.39 is 0 Å². The van der Waals surface area contributed by atoms with Crippen molar-refractivity contribution >= 4 is 29.2 Å². The van der Waals surface area contributed by atoms with Crippen LogP contribution in [0.3, 0.4) is 0 Å². The first-order chi connectivity index (χ1) is 6.81. The van der Waals surface area contributed by atoms with Crippen LogP contribution >= 0.6 is 22.9 Å². The fraction of sp³-hybridized carbons (Fsp3) is 0. The number of halogens is 1. The van der Waals surface area contributed by atoms with Crippen LogP contribution in [0.15, 0.2) is 29.9 Å². The number of carbonyl (C=O) groups is 1. The minimum Gasteiger partial charge on any atom is -0.298 e. The molecule has 0 aliphatic carbocycles. The van der Waals surface area contributed by atoms with Crippen molar-refractivity contribution < 1.29 is 4.79 Å². The Morgan fingerprint density at radius 1 is 1.43 bits per heavy atom. The van der Waals surface area contributed by atoms with E-state index in [1.54, 1.807) is 12.3 Å². The summed E-state index contributed by atoms with van der Waals surface area (Å²) in [4.78, 5) is 15.5. The van der Waals surface area contributed by atoms with Crippen LogP contribution < -0.4 is 0 Å². The summed E-state index contributed by atoms with van der Waals surface area (Å²) in [6, 6.07) is 3.60. The molecule has 2 heterocycles. The molecule has 0 unspecified atom stereocenters. The van der Waals surface area contributed by atoms with E-state index in [1.807, 2.05) is 11.4 Å². The molecule has 0 saturated heterocycles. The van der Waals surface area contributed by atoms with Crippen LogP contribution in [0.2, 0.25) is 5.02 Å². The number of thiophene rings is 1. The SMILES string of the molecule is O=Cc1cncc(-c2sccc2Cl)c1. The molecule has 70 valence electrons. The topological polar surface area (TPSA) is 30.0 Å². The Hall–Kier alpha value is -1.19. The molecule has 0 amide bonds. The second-order valence-electron chi connectivity index (χ2n) is 2.72. The van der Waals surface area contributed by atoms with Crippen molar-refractivity contribution in [3.05, 3.63) is 40.5 Å². The first-order valence-electron chi connectivity index (χ1n) is 3.95. The summed E-state index contributed by atoms with van der Waals surface area (Å²) in [6.45, 7) is 0. The molecule has 2 rings (SSSR count). The Kier molecular flexibility index (Phi) is 2.61. The van der Waals surface area contributed by atoms with Crippen LogP contribution in [-0.4, -0.2) is 11.3 Å². The van der Waals surface area contributed by atoms with Crippen molar-refractivity contribution in [1.29, 1.82) is 0 Å². The third-order valence-corrected chi connectivity index (χ3v) is 3.17. The van der Waals surface area contributed by atoms with Gasteiger partial charge in [-0.2, -0.15) is 0 Å². The number of rotatable bonds is 2. The van der Waals surface area contributed by atoms with Gasteiger partial charge in [-0.05, 0) is 17.5 Å². The summed E-state index contributed by atoms with van der Waals surface area (Å²) in [7, 11) is 0. The van der Waals surface area contributed by atoms with Gasteiger partial charge in [-0.25, -0.2) is 0 Å². The zero-order valence-corrected chi connectivity index (χ0v) is 8.68. The predicted molar refractivity (Wildman–Crippen MR) is 57.9 cm³/mol. The Morgan fingerprint density at radius 3 is 2.93 bits per heavy atom.